The van der Waals surface area contributed by atoms with E-state index in [-0.39, 0.29) is 16.1 Å². The minimum atomic E-state index is -3.50. The first-order valence-electron chi connectivity index (χ1n) is 6.47. The molecule has 1 heterocycles. The lowest BCUT2D eigenvalue weighted by Crippen LogP contribution is -2.33. The third-order valence-corrected chi connectivity index (χ3v) is 5.88. The molecule has 7 heteroatoms. The zero-order valence-corrected chi connectivity index (χ0v) is 13.3. The lowest BCUT2D eigenvalue weighted by Gasteiger charge is -2.20. The van der Waals surface area contributed by atoms with Crippen LogP contribution < -0.4 is 5.73 Å². The Kier molecular flexibility index (Phi) is 4.70. The molecule has 2 rings (SSSR count). The van der Waals surface area contributed by atoms with Gasteiger partial charge in [-0.3, -0.25) is 0 Å². The summed E-state index contributed by atoms with van der Waals surface area (Å²) in [4.78, 5) is 0.182. The van der Waals surface area contributed by atoms with Gasteiger partial charge in [0.2, 0.25) is 10.0 Å². The standard InChI is InChI=1S/C12H19BrN2O3S/c1-2-5-15(8-9-3-4-9)19(16,17)11-6-10(7-14)18-12(11)13/h6,9H,2-5,7-8,14H2,1H3. The molecule has 0 saturated heterocycles. The van der Waals surface area contributed by atoms with Crippen molar-refractivity contribution in [2.45, 2.75) is 37.6 Å². The van der Waals surface area contributed by atoms with Crippen molar-refractivity contribution < 1.29 is 12.8 Å². The van der Waals surface area contributed by atoms with Crippen molar-refractivity contribution in [1.82, 2.24) is 4.31 Å². The van der Waals surface area contributed by atoms with Crippen LogP contribution >= 0.6 is 15.9 Å². The summed E-state index contributed by atoms with van der Waals surface area (Å²) in [6.07, 6.45) is 3.04. The maximum absolute atomic E-state index is 12.6. The maximum atomic E-state index is 12.6. The molecule has 0 spiro atoms. The van der Waals surface area contributed by atoms with Gasteiger partial charge in [-0.25, -0.2) is 8.42 Å². The lowest BCUT2D eigenvalue weighted by atomic mass is 10.4. The predicted molar refractivity (Wildman–Crippen MR) is 76.1 cm³/mol. The first-order chi connectivity index (χ1) is 8.98. The second kappa shape index (κ2) is 5.95. The molecule has 0 radical (unpaired) electrons. The van der Waals surface area contributed by atoms with Gasteiger partial charge in [-0.15, -0.1) is 0 Å². The molecule has 1 aliphatic carbocycles. The third kappa shape index (κ3) is 3.39. The second-order valence-corrected chi connectivity index (χ2v) is 7.49. The van der Waals surface area contributed by atoms with Crippen molar-refractivity contribution >= 4 is 26.0 Å². The molecule has 1 saturated carbocycles. The van der Waals surface area contributed by atoms with Crippen molar-refractivity contribution in [3.8, 4) is 0 Å². The molecule has 0 atom stereocenters. The van der Waals surface area contributed by atoms with Crippen LogP contribution in [0.5, 0.6) is 0 Å². The molecule has 1 aromatic rings. The van der Waals surface area contributed by atoms with Crippen LogP contribution in [0.15, 0.2) is 20.0 Å². The Labute approximate surface area is 122 Å². The second-order valence-electron chi connectivity index (χ2n) is 4.86. The highest BCUT2D eigenvalue weighted by atomic mass is 79.9. The van der Waals surface area contributed by atoms with Gasteiger partial charge in [0.25, 0.3) is 0 Å². The van der Waals surface area contributed by atoms with Crippen LogP contribution in [0.4, 0.5) is 0 Å². The van der Waals surface area contributed by atoms with Gasteiger partial charge >= 0.3 is 0 Å². The molecular formula is C12H19BrN2O3S. The summed E-state index contributed by atoms with van der Waals surface area (Å²) in [6.45, 7) is 3.30. The first kappa shape index (κ1) is 15.0. The van der Waals surface area contributed by atoms with E-state index in [0.717, 1.165) is 19.3 Å². The van der Waals surface area contributed by atoms with Gasteiger partial charge in [0.15, 0.2) is 4.67 Å². The molecule has 5 nitrogen and oxygen atoms in total. The van der Waals surface area contributed by atoms with Crippen molar-refractivity contribution in [3.63, 3.8) is 0 Å². The van der Waals surface area contributed by atoms with Crippen LogP contribution in [0.1, 0.15) is 31.9 Å². The van der Waals surface area contributed by atoms with Gasteiger partial charge in [0, 0.05) is 19.2 Å². The quantitative estimate of drug-likeness (QED) is 0.818. The summed E-state index contributed by atoms with van der Waals surface area (Å²) < 4.78 is 32.3. The minimum absolute atomic E-state index is 0.182. The Morgan fingerprint density at radius 2 is 2.21 bits per heavy atom. The molecular weight excluding hydrogens is 332 g/mol. The highest BCUT2D eigenvalue weighted by Gasteiger charge is 2.33. The summed E-state index contributed by atoms with van der Waals surface area (Å²) >= 11 is 3.17. The zero-order valence-electron chi connectivity index (χ0n) is 10.9. The molecule has 0 unspecified atom stereocenters. The van der Waals surface area contributed by atoms with E-state index >= 15 is 0 Å². The van der Waals surface area contributed by atoms with Gasteiger partial charge in [0.1, 0.15) is 10.7 Å². The number of hydrogen-bond donors (Lipinski definition) is 1. The van der Waals surface area contributed by atoms with E-state index in [0.29, 0.717) is 24.8 Å². The highest BCUT2D eigenvalue weighted by molar-refractivity contribution is 9.10. The number of nitrogens with two attached hydrogens (primary N) is 1. The molecule has 0 aromatic carbocycles. The van der Waals surface area contributed by atoms with E-state index in [1.165, 1.54) is 6.07 Å². The molecule has 1 aliphatic rings. The van der Waals surface area contributed by atoms with Gasteiger partial charge in [0.05, 0.1) is 6.54 Å². The Bertz CT molecular complexity index is 537. The summed E-state index contributed by atoms with van der Waals surface area (Å²) in [5.41, 5.74) is 5.48. The SMILES string of the molecule is CCCN(CC1CC1)S(=O)(=O)c1cc(CN)oc1Br. The van der Waals surface area contributed by atoms with Crippen LogP contribution in [-0.4, -0.2) is 25.8 Å². The Hall–Kier alpha value is -0.370. The smallest absolute Gasteiger partial charge is 0.247 e. The third-order valence-electron chi connectivity index (χ3n) is 3.16. The molecule has 0 amide bonds. The zero-order chi connectivity index (χ0) is 14.0. The number of nitrogens with zero attached hydrogens (tertiary/aromatic N) is 1. The number of sulfonamides is 1. The molecule has 1 fully saturated rings. The van der Waals surface area contributed by atoms with Crippen molar-refractivity contribution in [3.05, 3.63) is 16.5 Å². The highest BCUT2D eigenvalue weighted by Crippen LogP contribution is 2.34. The normalized spacial score (nSPS) is 16.2. The summed E-state index contributed by atoms with van der Waals surface area (Å²) in [7, 11) is -3.50. The van der Waals surface area contributed by atoms with Crippen LogP contribution in [-0.2, 0) is 16.6 Å². The molecule has 108 valence electrons. The van der Waals surface area contributed by atoms with Gasteiger partial charge in [-0.2, -0.15) is 4.31 Å². The fourth-order valence-electron chi connectivity index (χ4n) is 1.96. The largest absolute Gasteiger partial charge is 0.452 e. The Morgan fingerprint density at radius 3 is 2.68 bits per heavy atom. The average molecular weight is 351 g/mol. The lowest BCUT2D eigenvalue weighted by molar-refractivity contribution is 0.394. The van der Waals surface area contributed by atoms with Crippen molar-refractivity contribution in [2.75, 3.05) is 13.1 Å². The number of furan rings is 1. The fraction of sp³-hybridized carbons (Fsp3) is 0.667. The molecule has 1 aromatic heterocycles. The van der Waals surface area contributed by atoms with Gasteiger partial charge < -0.3 is 10.2 Å². The average Bonchev–Trinajstić information content (AvgIpc) is 3.09. The van der Waals surface area contributed by atoms with E-state index in [4.69, 9.17) is 10.2 Å². The van der Waals surface area contributed by atoms with E-state index in [1.54, 1.807) is 4.31 Å². The van der Waals surface area contributed by atoms with Gasteiger partial charge in [-0.05, 0) is 41.1 Å². The number of halogens is 1. The van der Waals surface area contributed by atoms with E-state index < -0.39 is 10.0 Å². The summed E-state index contributed by atoms with van der Waals surface area (Å²) in [5, 5.41) is 0. The summed E-state index contributed by atoms with van der Waals surface area (Å²) in [6, 6.07) is 1.51. The van der Waals surface area contributed by atoms with Gasteiger partial charge in [-0.1, -0.05) is 6.92 Å². The van der Waals surface area contributed by atoms with Crippen molar-refractivity contribution in [2.24, 2.45) is 11.7 Å². The number of hydrogen-bond acceptors (Lipinski definition) is 4. The molecule has 0 bridgehead atoms. The first-order valence-corrected chi connectivity index (χ1v) is 8.70. The minimum Gasteiger partial charge on any atom is -0.452 e. The van der Waals surface area contributed by atoms with Crippen LogP contribution in [0.3, 0.4) is 0 Å². The summed E-state index contributed by atoms with van der Waals surface area (Å²) in [5.74, 6) is 0.981. The molecule has 2 N–H and O–H groups in total. The number of rotatable bonds is 7. The topological polar surface area (TPSA) is 76.5 Å². The Balaban J connectivity index is 2.28. The van der Waals surface area contributed by atoms with E-state index in [9.17, 15) is 8.42 Å². The monoisotopic (exact) mass is 350 g/mol. The van der Waals surface area contributed by atoms with E-state index in [1.807, 2.05) is 6.92 Å². The predicted octanol–water partition coefficient (Wildman–Crippen LogP) is 2.31. The maximum Gasteiger partial charge on any atom is 0.247 e. The fourth-order valence-corrected chi connectivity index (χ4v) is 4.53. The van der Waals surface area contributed by atoms with Crippen LogP contribution in [0, 0.1) is 5.92 Å². The van der Waals surface area contributed by atoms with E-state index in [2.05, 4.69) is 15.9 Å². The molecule has 19 heavy (non-hydrogen) atoms. The Morgan fingerprint density at radius 1 is 1.53 bits per heavy atom. The van der Waals surface area contributed by atoms with Crippen LogP contribution in [0.25, 0.3) is 0 Å². The molecule has 0 aliphatic heterocycles. The van der Waals surface area contributed by atoms with Crippen molar-refractivity contribution in [1.29, 1.82) is 0 Å². The van der Waals surface area contributed by atoms with Crippen LogP contribution in [0.2, 0.25) is 0 Å².